The van der Waals surface area contributed by atoms with Gasteiger partial charge in [-0.1, -0.05) is 0 Å². The van der Waals surface area contributed by atoms with E-state index >= 15 is 0 Å². The molecule has 0 heterocycles. The van der Waals surface area contributed by atoms with Gasteiger partial charge in [0.05, 0.1) is 0 Å². The zero-order valence-corrected chi connectivity index (χ0v) is 6.09. The number of hydrogen-bond acceptors (Lipinski definition) is 4. The molecule has 0 amide bonds. The van der Waals surface area contributed by atoms with Crippen LogP contribution in [-0.2, 0) is 26.1 Å². The van der Waals surface area contributed by atoms with Gasteiger partial charge in [-0.05, 0) is 0 Å². The van der Waals surface area contributed by atoms with Crippen LogP contribution in [0.4, 0.5) is 0 Å². The summed E-state index contributed by atoms with van der Waals surface area (Å²) >= 11 is 0. The van der Waals surface area contributed by atoms with Gasteiger partial charge in [0.2, 0.25) is 0 Å². The van der Waals surface area contributed by atoms with Gasteiger partial charge in [0.15, 0.2) is 0 Å². The Morgan fingerprint density at radius 3 is 0.727 bits per heavy atom. The van der Waals surface area contributed by atoms with Crippen LogP contribution in [0.1, 0.15) is 0 Å². The predicted molar refractivity (Wildman–Crippen MR) is 26.6 cm³/mol. The number of carboxylic acid groups (broad SMARTS) is 2. The van der Waals surface area contributed by atoms with Gasteiger partial charge in [0.25, 0.3) is 0 Å². The topological polar surface area (TPSA) is 206 Å². The normalized spacial score (nSPS) is 2.18. The molecule has 8 nitrogen and oxygen atoms in total. The molecular weight excluding hydrogens is 211 g/mol. The van der Waals surface area contributed by atoms with Gasteiger partial charge in [-0.3, -0.25) is 0 Å². The number of rotatable bonds is 0. The molecule has 0 aromatic carbocycles. The van der Waals surface area contributed by atoms with Gasteiger partial charge >= 0.3 is 16.5 Å². The van der Waals surface area contributed by atoms with E-state index in [2.05, 4.69) is 0 Å². The van der Waals surface area contributed by atoms with Crippen LogP contribution in [0.5, 0.6) is 0 Å². The van der Waals surface area contributed by atoms with Crippen molar-refractivity contribution in [3.8, 4) is 0 Å². The minimum absolute atomic E-state index is 0. The second-order valence-electron chi connectivity index (χ2n) is 0.192. The van der Waals surface area contributed by atoms with E-state index in [1.54, 1.807) is 0 Å². The molecule has 0 saturated heterocycles. The molecule has 0 aliphatic heterocycles. The summed E-state index contributed by atoms with van der Waals surface area (Å²) in [7, 11) is 0. The molecule has 0 radical (unpaired) electrons. The van der Waals surface area contributed by atoms with Crippen LogP contribution < -0.4 is 10.2 Å². The summed E-state index contributed by atoms with van der Waals surface area (Å²) < 4.78 is 0. The van der Waals surface area contributed by atoms with Crippen molar-refractivity contribution in [2.75, 3.05) is 0 Å². The Bertz CT molecular complexity index is 33.1. The molecule has 0 unspecified atom stereocenters. The Morgan fingerprint density at radius 1 is 0.727 bits per heavy atom. The molecule has 8 N–H and O–H groups in total. The first kappa shape index (κ1) is 82.4. The van der Waals surface area contributed by atoms with Crippen molar-refractivity contribution in [2.45, 2.75) is 0 Å². The molecule has 0 atom stereocenters. The molecule has 0 saturated carbocycles. The summed E-state index contributed by atoms with van der Waals surface area (Å²) in [6, 6.07) is 0. The third kappa shape index (κ3) is 930. The average Bonchev–Trinajstić information content (AvgIpc) is 1.39. The third-order valence-electron chi connectivity index (χ3n) is 0. The Balaban J connectivity index is -0.00000000400. The zero-order valence-electron chi connectivity index (χ0n) is 5.10. The summed E-state index contributed by atoms with van der Waals surface area (Å²) in [5, 5.41) is 16.5. The van der Waals surface area contributed by atoms with Crippen molar-refractivity contribution in [1.29, 1.82) is 0 Å². The fraction of sp³-hybridized carbons (Fsp3) is 0. The van der Waals surface area contributed by atoms with E-state index in [1.807, 2.05) is 0 Å². The van der Waals surface area contributed by atoms with Gasteiger partial charge in [-0.2, -0.15) is 0 Å². The van der Waals surface area contributed by atoms with E-state index in [0.717, 1.165) is 0 Å². The summed E-state index contributed by atoms with van der Waals surface area (Å²) in [5.74, 6) is 0. The zero-order chi connectivity index (χ0) is 5.41. The first-order valence-electron chi connectivity index (χ1n) is 0.943. The van der Waals surface area contributed by atoms with Gasteiger partial charge in [-0.15, -0.1) is 0 Å². The maximum absolute atomic E-state index is 8.25. The van der Waals surface area contributed by atoms with Crippen LogP contribution in [0, 0.1) is 0 Å². The van der Waals surface area contributed by atoms with Crippen molar-refractivity contribution < 1.29 is 58.2 Å². The second-order valence-corrected chi connectivity index (χ2v) is 0.192. The van der Waals surface area contributed by atoms with Crippen LogP contribution in [0.15, 0.2) is 0 Å². The van der Waals surface area contributed by atoms with Crippen molar-refractivity contribution >= 4 is 12.9 Å². The van der Waals surface area contributed by atoms with E-state index in [4.69, 9.17) is 19.8 Å². The monoisotopic (exact) mass is 220 g/mol. The third-order valence-corrected chi connectivity index (χ3v) is 0. The van der Waals surface area contributed by atoms with Crippen molar-refractivity contribution in [2.24, 2.45) is 0 Å². The van der Waals surface area contributed by atoms with E-state index < -0.39 is 12.9 Å². The molecule has 76 valence electrons. The van der Waals surface area contributed by atoms with E-state index in [0.29, 0.717) is 0 Å². The molecule has 0 fully saturated rings. The SMILES string of the molecule is O.O.O.O.O=C[O-].O=C[O-].[Ni+2]. The standard InChI is InChI=1S/2CH2O2.Ni.4H2O/c2*2-1-3;;;;;/h2*1H,(H,2,3);;4*1H2/q;;+2;;;;/p-2. The summed E-state index contributed by atoms with van der Waals surface area (Å²) in [4.78, 5) is 16.5. The molecular formula is C2H10NiO8. The van der Waals surface area contributed by atoms with E-state index in [-0.39, 0.29) is 38.4 Å². The Labute approximate surface area is 72.0 Å². The fourth-order valence-electron chi connectivity index (χ4n) is 0. The van der Waals surface area contributed by atoms with Gasteiger partial charge in [-0.25, -0.2) is 0 Å². The number of hydrogen-bond donors (Lipinski definition) is 0. The van der Waals surface area contributed by atoms with E-state index in [9.17, 15) is 0 Å². The molecule has 11 heavy (non-hydrogen) atoms. The van der Waals surface area contributed by atoms with E-state index in [1.165, 1.54) is 0 Å². The van der Waals surface area contributed by atoms with Crippen molar-refractivity contribution in [1.82, 2.24) is 0 Å². The molecule has 0 bridgehead atoms. The largest absolute Gasteiger partial charge is 2.00 e. The molecule has 9 heteroatoms. The number of carbonyl (C=O) groups excluding carboxylic acids is 2. The van der Waals surface area contributed by atoms with Gasteiger partial charge in [0, 0.05) is 12.9 Å². The quantitative estimate of drug-likeness (QED) is 0.288. The minimum atomic E-state index is -0.500. The van der Waals surface area contributed by atoms with Crippen molar-refractivity contribution in [3.05, 3.63) is 0 Å². The van der Waals surface area contributed by atoms with Crippen LogP contribution >= 0.6 is 0 Å². The number of carbonyl (C=O) groups is 2. The maximum Gasteiger partial charge on any atom is 2.00 e. The summed E-state index contributed by atoms with van der Waals surface area (Å²) in [6.07, 6.45) is 0. The Morgan fingerprint density at radius 2 is 0.727 bits per heavy atom. The molecule has 0 aromatic rings. The Hall–Kier alpha value is -0.726. The van der Waals surface area contributed by atoms with Crippen LogP contribution in [0.3, 0.4) is 0 Å². The van der Waals surface area contributed by atoms with Gasteiger partial charge < -0.3 is 41.7 Å². The summed E-state index contributed by atoms with van der Waals surface area (Å²) in [5.41, 5.74) is 0. The smallest absolute Gasteiger partial charge is 0.554 e. The first-order chi connectivity index (χ1) is 2.83. The minimum Gasteiger partial charge on any atom is -0.554 e. The molecule has 0 aliphatic carbocycles. The van der Waals surface area contributed by atoms with Crippen molar-refractivity contribution in [3.63, 3.8) is 0 Å². The molecule has 0 rings (SSSR count). The molecule has 0 aliphatic rings. The fourth-order valence-corrected chi connectivity index (χ4v) is 0. The molecule has 0 aromatic heterocycles. The van der Waals surface area contributed by atoms with Crippen LogP contribution in [0.2, 0.25) is 0 Å². The predicted octanol–water partition coefficient (Wildman–Crippen LogP) is -6.57. The first-order valence-corrected chi connectivity index (χ1v) is 0.943. The molecule has 0 spiro atoms. The summed E-state index contributed by atoms with van der Waals surface area (Å²) in [6.45, 7) is -1.00. The second kappa shape index (κ2) is 391. The van der Waals surface area contributed by atoms with Crippen LogP contribution in [-0.4, -0.2) is 34.8 Å². The maximum atomic E-state index is 8.25. The van der Waals surface area contributed by atoms with Gasteiger partial charge in [0.1, 0.15) is 0 Å². The Kier molecular flexibility index (Phi) is 2930. The average molecular weight is 221 g/mol. The van der Waals surface area contributed by atoms with Crippen LogP contribution in [0.25, 0.3) is 0 Å².